The molecule has 0 radical (unpaired) electrons. The number of hydrogen-bond donors (Lipinski definition) is 2. The lowest BCUT2D eigenvalue weighted by molar-refractivity contribution is 0.0166. The lowest BCUT2D eigenvalue weighted by Gasteiger charge is -2.10. The summed E-state index contributed by atoms with van der Waals surface area (Å²) in [5, 5.41) is 9.88. The number of carbonyl (C=O) groups is 1. The first-order chi connectivity index (χ1) is 11.7. The normalized spacial score (nSPS) is 17.3. The average Bonchev–Trinajstić information content (AvgIpc) is 3.31. The molecule has 1 aliphatic rings. The summed E-state index contributed by atoms with van der Waals surface area (Å²) in [5.74, 6) is -0.162. The zero-order valence-corrected chi connectivity index (χ0v) is 14.7. The first-order valence-electron chi connectivity index (χ1n) is 8.32. The molecule has 130 valence electrons. The standard InChI is InChI=1S/C17H23N3O3S/c1-12-5-6-16(24-12)14-10-15(20-19-14)17(21)18-7-3-8-22-11-13-4-2-9-23-13/h5-6,10,13H,2-4,7-9,11H2,1H3,(H,18,21)(H,19,20). The quantitative estimate of drug-likeness (QED) is 0.719. The van der Waals surface area contributed by atoms with Gasteiger partial charge in [0.25, 0.3) is 5.91 Å². The van der Waals surface area contributed by atoms with E-state index in [0.717, 1.165) is 36.4 Å². The summed E-state index contributed by atoms with van der Waals surface area (Å²) < 4.78 is 11.1. The summed E-state index contributed by atoms with van der Waals surface area (Å²) in [6.07, 6.45) is 3.24. The van der Waals surface area contributed by atoms with Crippen LogP contribution in [0.15, 0.2) is 18.2 Å². The Morgan fingerprint density at radius 3 is 3.21 bits per heavy atom. The highest BCUT2D eigenvalue weighted by molar-refractivity contribution is 7.15. The van der Waals surface area contributed by atoms with Gasteiger partial charge in [-0.15, -0.1) is 11.3 Å². The number of amides is 1. The Morgan fingerprint density at radius 1 is 1.54 bits per heavy atom. The van der Waals surface area contributed by atoms with Crippen LogP contribution in [0.5, 0.6) is 0 Å². The molecule has 2 aromatic rings. The highest BCUT2D eigenvalue weighted by atomic mass is 32.1. The number of hydrogen-bond acceptors (Lipinski definition) is 5. The van der Waals surface area contributed by atoms with Crippen LogP contribution in [0, 0.1) is 6.92 Å². The van der Waals surface area contributed by atoms with E-state index in [0.29, 0.717) is 25.5 Å². The van der Waals surface area contributed by atoms with E-state index in [4.69, 9.17) is 9.47 Å². The molecule has 0 aromatic carbocycles. The van der Waals surface area contributed by atoms with E-state index in [9.17, 15) is 4.79 Å². The van der Waals surface area contributed by atoms with Gasteiger partial charge in [0.05, 0.1) is 23.3 Å². The van der Waals surface area contributed by atoms with Gasteiger partial charge in [-0.25, -0.2) is 0 Å². The summed E-state index contributed by atoms with van der Waals surface area (Å²) in [6, 6.07) is 5.87. The number of aromatic nitrogens is 2. The summed E-state index contributed by atoms with van der Waals surface area (Å²) in [5.41, 5.74) is 1.29. The monoisotopic (exact) mass is 349 g/mol. The molecule has 3 rings (SSSR count). The Bertz CT molecular complexity index is 662. The van der Waals surface area contributed by atoms with Gasteiger partial charge in [0.2, 0.25) is 0 Å². The zero-order valence-electron chi connectivity index (χ0n) is 13.8. The van der Waals surface area contributed by atoms with Crippen molar-refractivity contribution in [3.05, 3.63) is 28.8 Å². The molecule has 1 fully saturated rings. The van der Waals surface area contributed by atoms with E-state index in [1.54, 1.807) is 17.4 Å². The second-order valence-electron chi connectivity index (χ2n) is 5.90. The number of thiophene rings is 1. The Balaban J connectivity index is 1.35. The van der Waals surface area contributed by atoms with Crippen LogP contribution in [0.25, 0.3) is 10.6 Å². The molecule has 0 saturated carbocycles. The fourth-order valence-corrected chi connectivity index (χ4v) is 3.43. The smallest absolute Gasteiger partial charge is 0.271 e. The van der Waals surface area contributed by atoms with E-state index in [-0.39, 0.29) is 12.0 Å². The molecular formula is C17H23N3O3S. The SMILES string of the molecule is Cc1ccc(-c2cc(C(=O)NCCCOCC3CCCO3)n[nH]2)s1. The summed E-state index contributed by atoms with van der Waals surface area (Å²) >= 11 is 1.67. The minimum atomic E-state index is -0.162. The molecule has 0 bridgehead atoms. The van der Waals surface area contributed by atoms with Gasteiger partial charge in [-0.2, -0.15) is 5.10 Å². The predicted molar refractivity (Wildman–Crippen MR) is 93.4 cm³/mol. The van der Waals surface area contributed by atoms with Gasteiger partial charge in [0.1, 0.15) is 0 Å². The van der Waals surface area contributed by atoms with Crippen LogP contribution < -0.4 is 5.32 Å². The van der Waals surface area contributed by atoms with Gasteiger partial charge >= 0.3 is 0 Å². The van der Waals surface area contributed by atoms with Crippen molar-refractivity contribution in [3.8, 4) is 10.6 Å². The third-order valence-corrected chi connectivity index (χ3v) is 4.93. The molecule has 0 aliphatic carbocycles. The highest BCUT2D eigenvalue weighted by Gasteiger charge is 2.15. The van der Waals surface area contributed by atoms with Gasteiger partial charge in [0, 0.05) is 24.6 Å². The minimum Gasteiger partial charge on any atom is -0.379 e. The average molecular weight is 349 g/mol. The topological polar surface area (TPSA) is 76.2 Å². The number of H-pyrrole nitrogens is 1. The van der Waals surface area contributed by atoms with E-state index in [1.807, 2.05) is 6.07 Å². The van der Waals surface area contributed by atoms with Crippen LogP contribution in [0.1, 0.15) is 34.6 Å². The number of nitrogens with one attached hydrogen (secondary N) is 2. The molecule has 1 atom stereocenters. The Labute approximate surface area is 145 Å². The molecule has 0 spiro atoms. The maximum absolute atomic E-state index is 12.1. The van der Waals surface area contributed by atoms with Crippen LogP contribution >= 0.6 is 11.3 Å². The van der Waals surface area contributed by atoms with Crippen molar-refractivity contribution in [1.82, 2.24) is 15.5 Å². The lowest BCUT2D eigenvalue weighted by atomic mass is 10.2. The molecular weight excluding hydrogens is 326 g/mol. The number of carbonyl (C=O) groups excluding carboxylic acids is 1. The molecule has 24 heavy (non-hydrogen) atoms. The van der Waals surface area contributed by atoms with E-state index in [1.165, 1.54) is 4.88 Å². The number of aryl methyl sites for hydroxylation is 1. The zero-order chi connectivity index (χ0) is 16.8. The molecule has 6 nitrogen and oxygen atoms in total. The number of nitrogens with zero attached hydrogens (tertiary/aromatic N) is 1. The fourth-order valence-electron chi connectivity index (χ4n) is 2.60. The first kappa shape index (κ1) is 17.1. The maximum Gasteiger partial charge on any atom is 0.271 e. The van der Waals surface area contributed by atoms with Crippen molar-refractivity contribution in [3.63, 3.8) is 0 Å². The van der Waals surface area contributed by atoms with Crippen molar-refractivity contribution in [2.24, 2.45) is 0 Å². The van der Waals surface area contributed by atoms with Crippen LogP contribution in [-0.2, 0) is 9.47 Å². The van der Waals surface area contributed by atoms with E-state index in [2.05, 4.69) is 28.5 Å². The highest BCUT2D eigenvalue weighted by Crippen LogP contribution is 2.26. The van der Waals surface area contributed by atoms with Crippen molar-refractivity contribution in [2.45, 2.75) is 32.3 Å². The molecule has 1 aliphatic heterocycles. The van der Waals surface area contributed by atoms with Crippen LogP contribution in [0.2, 0.25) is 0 Å². The molecule has 7 heteroatoms. The summed E-state index contributed by atoms with van der Waals surface area (Å²) in [7, 11) is 0. The predicted octanol–water partition coefficient (Wildman–Crippen LogP) is 2.76. The van der Waals surface area contributed by atoms with Crippen LogP contribution in [-0.4, -0.2) is 48.6 Å². The van der Waals surface area contributed by atoms with Gasteiger partial charge in [0.15, 0.2) is 5.69 Å². The van der Waals surface area contributed by atoms with Gasteiger partial charge in [-0.1, -0.05) is 0 Å². The molecule has 1 saturated heterocycles. The minimum absolute atomic E-state index is 0.162. The van der Waals surface area contributed by atoms with Crippen LogP contribution in [0.3, 0.4) is 0 Å². The number of aromatic amines is 1. The van der Waals surface area contributed by atoms with E-state index < -0.39 is 0 Å². The van der Waals surface area contributed by atoms with E-state index >= 15 is 0 Å². The van der Waals surface area contributed by atoms with Crippen molar-refractivity contribution >= 4 is 17.2 Å². The molecule has 3 heterocycles. The Hall–Kier alpha value is -1.70. The molecule has 2 aromatic heterocycles. The lowest BCUT2D eigenvalue weighted by Crippen LogP contribution is -2.26. The van der Waals surface area contributed by atoms with Gasteiger partial charge < -0.3 is 14.8 Å². The number of rotatable bonds is 8. The van der Waals surface area contributed by atoms with Crippen LogP contribution in [0.4, 0.5) is 0 Å². The fraction of sp³-hybridized carbons (Fsp3) is 0.529. The van der Waals surface area contributed by atoms with Crippen molar-refractivity contribution < 1.29 is 14.3 Å². The third kappa shape index (κ3) is 4.66. The van der Waals surface area contributed by atoms with Crippen molar-refractivity contribution in [2.75, 3.05) is 26.4 Å². The second-order valence-corrected chi connectivity index (χ2v) is 7.18. The van der Waals surface area contributed by atoms with Crippen molar-refractivity contribution in [1.29, 1.82) is 0 Å². The number of ether oxygens (including phenoxy) is 2. The largest absolute Gasteiger partial charge is 0.379 e. The Morgan fingerprint density at radius 2 is 2.46 bits per heavy atom. The molecule has 1 amide bonds. The Kier molecular flexibility index (Phi) is 6.01. The maximum atomic E-state index is 12.1. The van der Waals surface area contributed by atoms with Gasteiger partial charge in [-0.3, -0.25) is 9.89 Å². The third-order valence-electron chi connectivity index (χ3n) is 3.90. The first-order valence-corrected chi connectivity index (χ1v) is 9.14. The van der Waals surface area contributed by atoms with Gasteiger partial charge in [-0.05, 0) is 44.4 Å². The second kappa shape index (κ2) is 8.41. The molecule has 2 N–H and O–H groups in total. The summed E-state index contributed by atoms with van der Waals surface area (Å²) in [4.78, 5) is 14.4. The molecule has 1 unspecified atom stereocenters. The summed E-state index contributed by atoms with van der Waals surface area (Å²) in [6.45, 7) is 4.75.